The summed E-state index contributed by atoms with van der Waals surface area (Å²) >= 11 is 0. The second kappa shape index (κ2) is 7.47. The van der Waals surface area contributed by atoms with Crippen LogP contribution in [-0.4, -0.2) is 38.4 Å². The lowest BCUT2D eigenvalue weighted by atomic mass is 9.97. The van der Waals surface area contributed by atoms with Gasteiger partial charge >= 0.3 is 0 Å². The van der Waals surface area contributed by atoms with Crippen LogP contribution in [-0.2, 0) is 10.0 Å². The molecule has 1 unspecified atom stereocenters. The Morgan fingerprint density at radius 3 is 2.64 bits per heavy atom. The minimum absolute atomic E-state index is 0.0872. The van der Waals surface area contributed by atoms with E-state index in [4.69, 9.17) is 4.74 Å². The number of hydrogen-bond donors (Lipinski definition) is 1. The fraction of sp³-hybridized carbons (Fsp3) is 0.381. The molecule has 2 aromatic carbocycles. The fourth-order valence-corrected chi connectivity index (χ4v) is 4.90. The summed E-state index contributed by atoms with van der Waals surface area (Å²) in [5, 5.41) is 0. The molecule has 2 aliphatic rings. The Kier molecular flexibility index (Phi) is 5.02. The first-order valence-corrected chi connectivity index (χ1v) is 11.1. The summed E-state index contributed by atoms with van der Waals surface area (Å²) in [4.78, 5) is 15.2. The van der Waals surface area contributed by atoms with Crippen molar-refractivity contribution in [2.45, 2.75) is 43.5 Å². The Balaban J connectivity index is 1.64. The van der Waals surface area contributed by atoms with E-state index < -0.39 is 10.0 Å². The maximum Gasteiger partial charge on any atom is 0.261 e. The van der Waals surface area contributed by atoms with E-state index in [9.17, 15) is 13.2 Å². The third kappa shape index (κ3) is 3.71. The van der Waals surface area contributed by atoms with Gasteiger partial charge in [0, 0.05) is 24.7 Å². The topological polar surface area (TPSA) is 75.7 Å². The summed E-state index contributed by atoms with van der Waals surface area (Å²) in [5.74, 6) is 0.420. The first kappa shape index (κ1) is 18.8. The summed E-state index contributed by atoms with van der Waals surface area (Å²) in [7, 11) is -3.73. The highest BCUT2D eigenvalue weighted by Crippen LogP contribution is 2.31. The van der Waals surface area contributed by atoms with Crippen molar-refractivity contribution in [1.82, 2.24) is 4.90 Å². The summed E-state index contributed by atoms with van der Waals surface area (Å²) in [6.45, 7) is 3.19. The molecule has 1 amide bonds. The van der Waals surface area contributed by atoms with Crippen LogP contribution in [0.4, 0.5) is 5.69 Å². The quantitative estimate of drug-likeness (QED) is 0.855. The Bertz CT molecular complexity index is 986. The van der Waals surface area contributed by atoms with Gasteiger partial charge in [0.15, 0.2) is 0 Å². The maximum atomic E-state index is 13.1. The zero-order valence-electron chi connectivity index (χ0n) is 15.8. The lowest BCUT2D eigenvalue weighted by Gasteiger charge is -2.37. The van der Waals surface area contributed by atoms with E-state index in [1.165, 1.54) is 0 Å². The number of ether oxygens (including phenoxy) is 1. The van der Waals surface area contributed by atoms with Crippen LogP contribution in [0.5, 0.6) is 5.75 Å². The Hall–Kier alpha value is -2.54. The van der Waals surface area contributed by atoms with Crippen molar-refractivity contribution in [1.29, 1.82) is 0 Å². The third-order valence-corrected chi connectivity index (χ3v) is 6.79. The van der Waals surface area contributed by atoms with Crippen molar-refractivity contribution in [3.8, 4) is 5.75 Å². The lowest BCUT2D eigenvalue weighted by Crippen LogP contribution is -2.45. The minimum atomic E-state index is -3.73. The molecule has 0 saturated carbocycles. The zero-order chi connectivity index (χ0) is 19.7. The van der Waals surface area contributed by atoms with Crippen LogP contribution >= 0.6 is 0 Å². The number of nitrogens with one attached hydrogen (secondary N) is 1. The highest BCUT2D eigenvalue weighted by atomic mass is 32.2. The molecule has 0 aliphatic carbocycles. The lowest BCUT2D eigenvalue weighted by molar-refractivity contribution is 0.0548. The molecule has 0 spiro atoms. The Morgan fingerprint density at radius 1 is 1.07 bits per heavy atom. The van der Waals surface area contributed by atoms with Crippen molar-refractivity contribution in [2.75, 3.05) is 17.9 Å². The molecule has 4 rings (SSSR count). The number of carbonyl (C=O) groups excluding carboxylic acids is 1. The molecule has 0 aromatic heterocycles. The van der Waals surface area contributed by atoms with Gasteiger partial charge in [-0.05, 0) is 56.5 Å². The van der Waals surface area contributed by atoms with E-state index in [2.05, 4.69) is 4.72 Å². The second-order valence-corrected chi connectivity index (χ2v) is 9.10. The van der Waals surface area contributed by atoms with Gasteiger partial charge in [0.1, 0.15) is 5.75 Å². The average Bonchev–Trinajstić information content (AvgIpc) is 2.68. The number of piperidine rings is 1. The smallest absolute Gasteiger partial charge is 0.261 e. The summed E-state index contributed by atoms with van der Waals surface area (Å²) < 4.78 is 33.7. The van der Waals surface area contributed by atoms with Crippen molar-refractivity contribution < 1.29 is 17.9 Å². The molecule has 28 heavy (non-hydrogen) atoms. The van der Waals surface area contributed by atoms with Crippen LogP contribution in [0.2, 0.25) is 0 Å². The monoisotopic (exact) mass is 400 g/mol. The molecule has 2 heterocycles. The first-order chi connectivity index (χ1) is 13.4. The Morgan fingerprint density at radius 2 is 1.86 bits per heavy atom. The number of anilines is 1. The summed E-state index contributed by atoms with van der Waals surface area (Å²) in [6.07, 6.45) is 3.94. The fourth-order valence-electron chi connectivity index (χ4n) is 3.85. The number of carbonyl (C=O) groups is 1. The number of aryl methyl sites for hydroxylation is 1. The first-order valence-electron chi connectivity index (χ1n) is 9.61. The largest absolute Gasteiger partial charge is 0.493 e. The van der Waals surface area contributed by atoms with Crippen molar-refractivity contribution in [2.24, 2.45) is 0 Å². The van der Waals surface area contributed by atoms with E-state index in [-0.39, 0.29) is 16.8 Å². The van der Waals surface area contributed by atoms with E-state index in [0.717, 1.165) is 37.8 Å². The number of hydrogen-bond acceptors (Lipinski definition) is 4. The average molecular weight is 401 g/mol. The van der Waals surface area contributed by atoms with Gasteiger partial charge < -0.3 is 9.64 Å². The van der Waals surface area contributed by atoms with Gasteiger partial charge in [-0.15, -0.1) is 0 Å². The Labute approximate surface area is 165 Å². The van der Waals surface area contributed by atoms with Gasteiger partial charge in [0.2, 0.25) is 0 Å². The number of nitrogens with zero attached hydrogens (tertiary/aromatic N) is 1. The van der Waals surface area contributed by atoms with Crippen LogP contribution in [0.15, 0.2) is 47.4 Å². The SMILES string of the molecule is Cc1ccc(S(=O)(=O)Nc2ccc3c(c2)C(=O)N2CCCCC2CCO3)cc1. The molecule has 1 N–H and O–H groups in total. The molecule has 148 valence electrons. The van der Waals surface area contributed by atoms with Gasteiger partial charge in [-0.25, -0.2) is 8.42 Å². The van der Waals surface area contributed by atoms with E-state index in [1.54, 1.807) is 42.5 Å². The molecule has 2 aliphatic heterocycles. The molecule has 7 heteroatoms. The van der Waals surface area contributed by atoms with Crippen LogP contribution in [0.25, 0.3) is 0 Å². The van der Waals surface area contributed by atoms with E-state index in [0.29, 0.717) is 23.6 Å². The van der Waals surface area contributed by atoms with Crippen molar-refractivity contribution >= 4 is 21.6 Å². The van der Waals surface area contributed by atoms with Crippen LogP contribution in [0.3, 0.4) is 0 Å². The van der Waals surface area contributed by atoms with Gasteiger partial charge in [0.25, 0.3) is 15.9 Å². The molecule has 1 saturated heterocycles. The summed E-state index contributed by atoms with van der Waals surface area (Å²) in [5.41, 5.74) is 1.75. The van der Waals surface area contributed by atoms with E-state index >= 15 is 0 Å². The van der Waals surface area contributed by atoms with Crippen LogP contribution in [0, 0.1) is 6.92 Å². The van der Waals surface area contributed by atoms with Crippen LogP contribution < -0.4 is 9.46 Å². The number of rotatable bonds is 3. The highest BCUT2D eigenvalue weighted by Gasteiger charge is 2.31. The van der Waals surface area contributed by atoms with Gasteiger partial charge in [-0.3, -0.25) is 9.52 Å². The number of amides is 1. The zero-order valence-corrected chi connectivity index (χ0v) is 16.7. The molecule has 2 aromatic rings. The second-order valence-electron chi connectivity index (χ2n) is 7.41. The van der Waals surface area contributed by atoms with E-state index in [1.807, 2.05) is 11.8 Å². The van der Waals surface area contributed by atoms with Gasteiger partial charge in [0.05, 0.1) is 17.1 Å². The number of fused-ring (bicyclic) bond motifs is 2. The molecular formula is C21H24N2O4S. The third-order valence-electron chi connectivity index (χ3n) is 5.39. The number of benzene rings is 2. The normalized spacial score (nSPS) is 19.7. The number of sulfonamides is 1. The molecule has 0 radical (unpaired) electrons. The van der Waals surface area contributed by atoms with Crippen molar-refractivity contribution in [3.05, 3.63) is 53.6 Å². The van der Waals surface area contributed by atoms with Crippen molar-refractivity contribution in [3.63, 3.8) is 0 Å². The molecule has 1 fully saturated rings. The molecule has 6 nitrogen and oxygen atoms in total. The molecule has 0 bridgehead atoms. The minimum Gasteiger partial charge on any atom is -0.493 e. The predicted octanol–water partition coefficient (Wildman–Crippen LogP) is 3.57. The molecular weight excluding hydrogens is 376 g/mol. The molecule has 1 atom stereocenters. The predicted molar refractivity (Wildman–Crippen MR) is 107 cm³/mol. The summed E-state index contributed by atoms with van der Waals surface area (Å²) in [6, 6.07) is 11.7. The standard InChI is InChI=1S/C21H24N2O4S/c1-15-5-8-18(9-6-15)28(25,26)22-16-7-10-20-19(14-16)21(24)23-12-3-2-4-17(23)11-13-27-20/h5-10,14,17,22H,2-4,11-13H2,1H3. The highest BCUT2D eigenvalue weighted by molar-refractivity contribution is 7.92. The van der Waals surface area contributed by atoms with Crippen LogP contribution in [0.1, 0.15) is 41.6 Å². The van der Waals surface area contributed by atoms with Gasteiger partial charge in [-0.1, -0.05) is 17.7 Å². The van der Waals surface area contributed by atoms with Gasteiger partial charge in [-0.2, -0.15) is 0 Å². The maximum absolute atomic E-state index is 13.1.